The van der Waals surface area contributed by atoms with E-state index in [0.717, 1.165) is 27.3 Å². The van der Waals surface area contributed by atoms with Crippen LogP contribution < -0.4 is 5.32 Å². The Hall–Kier alpha value is -2.40. The number of para-hydroxylation sites is 2. The summed E-state index contributed by atoms with van der Waals surface area (Å²) in [6.45, 7) is 4.35. The second-order valence-electron chi connectivity index (χ2n) is 5.57. The lowest BCUT2D eigenvalue weighted by molar-refractivity contribution is -0.120. The minimum absolute atomic E-state index is 0.00166. The molecule has 3 aromatic rings. The smallest absolute Gasteiger partial charge is 0.233 e. The summed E-state index contributed by atoms with van der Waals surface area (Å²) in [5, 5.41) is 3.54. The lowest BCUT2D eigenvalue weighted by Gasteiger charge is -2.13. The highest BCUT2D eigenvalue weighted by Gasteiger charge is 2.17. The number of carbonyl (C=O) groups excluding carboxylic acids is 1. The van der Waals surface area contributed by atoms with E-state index in [-0.39, 0.29) is 11.2 Å². The highest BCUT2D eigenvalue weighted by molar-refractivity contribution is 8.00. The van der Waals surface area contributed by atoms with Gasteiger partial charge in [-0.3, -0.25) is 4.79 Å². The number of thioether (sulfide) groups is 1. The first-order valence-corrected chi connectivity index (χ1v) is 8.73. The Bertz CT molecular complexity index is 852. The van der Waals surface area contributed by atoms with Crippen LogP contribution >= 0.6 is 11.8 Å². The zero-order chi connectivity index (χ0) is 16.9. The first-order valence-electron chi connectivity index (χ1n) is 7.85. The summed E-state index contributed by atoms with van der Waals surface area (Å²) in [7, 11) is 0. The molecule has 0 spiro atoms. The molecule has 2 aromatic carbocycles. The van der Waals surface area contributed by atoms with Crippen LogP contribution in [0.15, 0.2) is 59.6 Å². The molecule has 4 nitrogen and oxygen atoms in total. The molecule has 0 aliphatic rings. The molecule has 0 aliphatic heterocycles. The molecule has 5 heteroatoms. The summed E-state index contributed by atoms with van der Waals surface area (Å²) in [6, 6.07) is 17.7. The molecule has 1 unspecified atom stereocenters. The third-order valence-electron chi connectivity index (χ3n) is 3.67. The predicted octanol–water partition coefficient (Wildman–Crippen LogP) is 3.74. The van der Waals surface area contributed by atoms with Crippen molar-refractivity contribution in [1.82, 2.24) is 15.3 Å². The highest BCUT2D eigenvalue weighted by atomic mass is 32.2. The van der Waals surface area contributed by atoms with Gasteiger partial charge < -0.3 is 5.32 Å². The molecule has 0 saturated carbocycles. The monoisotopic (exact) mass is 337 g/mol. The van der Waals surface area contributed by atoms with Crippen molar-refractivity contribution in [2.75, 3.05) is 0 Å². The van der Waals surface area contributed by atoms with Gasteiger partial charge in [0.15, 0.2) is 0 Å². The van der Waals surface area contributed by atoms with E-state index in [1.165, 1.54) is 11.8 Å². The van der Waals surface area contributed by atoms with Crippen LogP contribution in [-0.4, -0.2) is 21.1 Å². The Kier molecular flexibility index (Phi) is 5.11. The highest BCUT2D eigenvalue weighted by Crippen LogP contribution is 2.25. The van der Waals surface area contributed by atoms with Gasteiger partial charge in [0.25, 0.3) is 0 Å². The maximum atomic E-state index is 12.3. The zero-order valence-electron chi connectivity index (χ0n) is 13.7. The van der Waals surface area contributed by atoms with Crippen molar-refractivity contribution in [1.29, 1.82) is 0 Å². The van der Waals surface area contributed by atoms with Crippen molar-refractivity contribution < 1.29 is 4.79 Å². The molecule has 24 heavy (non-hydrogen) atoms. The van der Waals surface area contributed by atoms with Crippen LogP contribution in [0.3, 0.4) is 0 Å². The Morgan fingerprint density at radius 2 is 1.67 bits per heavy atom. The fourth-order valence-electron chi connectivity index (χ4n) is 2.33. The first kappa shape index (κ1) is 16.5. The van der Waals surface area contributed by atoms with Crippen molar-refractivity contribution >= 4 is 28.7 Å². The molecule has 1 atom stereocenters. The van der Waals surface area contributed by atoms with Gasteiger partial charge in [-0.25, -0.2) is 9.97 Å². The number of benzene rings is 2. The van der Waals surface area contributed by atoms with Crippen LogP contribution in [-0.2, 0) is 11.3 Å². The average molecular weight is 337 g/mol. The lowest BCUT2D eigenvalue weighted by Crippen LogP contribution is -2.30. The topological polar surface area (TPSA) is 54.9 Å². The number of fused-ring (bicyclic) bond motifs is 1. The Balaban J connectivity index is 1.66. The van der Waals surface area contributed by atoms with Crippen LogP contribution in [0, 0.1) is 6.92 Å². The number of rotatable bonds is 5. The Morgan fingerprint density at radius 3 is 2.38 bits per heavy atom. The molecule has 1 aromatic heterocycles. The second-order valence-corrected chi connectivity index (χ2v) is 6.90. The maximum Gasteiger partial charge on any atom is 0.233 e. The van der Waals surface area contributed by atoms with Gasteiger partial charge in [0, 0.05) is 6.54 Å². The van der Waals surface area contributed by atoms with E-state index in [9.17, 15) is 4.79 Å². The quantitative estimate of drug-likeness (QED) is 0.721. The van der Waals surface area contributed by atoms with Gasteiger partial charge in [-0.05, 0) is 31.5 Å². The predicted molar refractivity (Wildman–Crippen MR) is 97.9 cm³/mol. The van der Waals surface area contributed by atoms with Crippen LogP contribution in [0.1, 0.15) is 18.2 Å². The van der Waals surface area contributed by atoms with Crippen LogP contribution in [0.25, 0.3) is 11.0 Å². The van der Waals surface area contributed by atoms with Crippen molar-refractivity contribution in [2.45, 2.75) is 30.7 Å². The summed E-state index contributed by atoms with van der Waals surface area (Å²) in [4.78, 5) is 21.5. The van der Waals surface area contributed by atoms with Crippen molar-refractivity contribution in [2.24, 2.45) is 0 Å². The minimum atomic E-state index is -0.233. The van der Waals surface area contributed by atoms with E-state index in [1.54, 1.807) is 0 Å². The largest absolute Gasteiger partial charge is 0.351 e. The first-order chi connectivity index (χ1) is 11.6. The summed E-state index contributed by atoms with van der Waals surface area (Å²) >= 11 is 1.44. The normalized spacial score (nSPS) is 12.1. The number of hydrogen-bond acceptors (Lipinski definition) is 4. The lowest BCUT2D eigenvalue weighted by atomic mass is 10.2. The molecule has 122 valence electrons. The summed E-state index contributed by atoms with van der Waals surface area (Å²) in [6.07, 6.45) is 0. The summed E-state index contributed by atoms with van der Waals surface area (Å²) in [5.41, 5.74) is 3.66. The molecule has 0 fully saturated rings. The Labute approximate surface area is 145 Å². The molecular weight excluding hydrogens is 318 g/mol. The van der Waals surface area contributed by atoms with E-state index >= 15 is 0 Å². The molecule has 1 heterocycles. The molecule has 1 N–H and O–H groups in total. The van der Waals surface area contributed by atoms with E-state index < -0.39 is 0 Å². The van der Waals surface area contributed by atoms with Gasteiger partial charge in [0.1, 0.15) is 5.03 Å². The number of nitrogens with zero attached hydrogens (tertiary/aromatic N) is 2. The second kappa shape index (κ2) is 7.45. The molecule has 0 radical (unpaired) electrons. The number of hydrogen-bond donors (Lipinski definition) is 1. The van der Waals surface area contributed by atoms with E-state index in [0.29, 0.717) is 6.54 Å². The summed E-state index contributed by atoms with van der Waals surface area (Å²) in [5.74, 6) is -0.00166. The fourth-order valence-corrected chi connectivity index (χ4v) is 3.23. The molecule has 0 bridgehead atoms. The number of aromatic nitrogens is 2. The maximum absolute atomic E-state index is 12.3. The van der Waals surface area contributed by atoms with E-state index in [2.05, 4.69) is 15.3 Å². The number of amides is 1. The third kappa shape index (κ3) is 3.92. The minimum Gasteiger partial charge on any atom is -0.351 e. The van der Waals surface area contributed by atoms with Gasteiger partial charge in [0.05, 0.1) is 22.0 Å². The van der Waals surface area contributed by atoms with Crippen molar-refractivity contribution in [3.05, 3.63) is 65.9 Å². The average Bonchev–Trinajstić information content (AvgIpc) is 2.61. The number of carbonyl (C=O) groups is 1. The molecule has 0 aliphatic carbocycles. The van der Waals surface area contributed by atoms with Crippen molar-refractivity contribution in [3.8, 4) is 0 Å². The molecule has 0 saturated heterocycles. The van der Waals surface area contributed by atoms with Crippen LogP contribution in [0.2, 0.25) is 0 Å². The van der Waals surface area contributed by atoms with Crippen LogP contribution in [0.4, 0.5) is 0 Å². The van der Waals surface area contributed by atoms with Gasteiger partial charge in [-0.15, -0.1) is 0 Å². The van der Waals surface area contributed by atoms with E-state index in [4.69, 9.17) is 0 Å². The third-order valence-corrected chi connectivity index (χ3v) is 4.85. The van der Waals surface area contributed by atoms with Gasteiger partial charge in [0.2, 0.25) is 5.91 Å². The Morgan fingerprint density at radius 1 is 1.04 bits per heavy atom. The summed E-state index contributed by atoms with van der Waals surface area (Å²) < 4.78 is 0. The molecular formula is C19H19N3OS. The molecule has 1 amide bonds. The van der Waals surface area contributed by atoms with Gasteiger partial charge in [-0.2, -0.15) is 0 Å². The SMILES string of the molecule is Cc1nc2ccccc2nc1SC(C)C(=O)NCc1ccccc1. The molecule has 3 rings (SSSR count). The van der Waals surface area contributed by atoms with Crippen molar-refractivity contribution in [3.63, 3.8) is 0 Å². The number of nitrogens with one attached hydrogen (secondary N) is 1. The number of aryl methyl sites for hydroxylation is 1. The van der Waals surface area contributed by atoms with Crippen LogP contribution in [0.5, 0.6) is 0 Å². The standard InChI is InChI=1S/C19H19N3OS/c1-13-19(22-17-11-7-6-10-16(17)21-13)24-14(2)18(23)20-12-15-8-4-3-5-9-15/h3-11,14H,12H2,1-2H3,(H,20,23). The van der Waals surface area contributed by atoms with Gasteiger partial charge in [-0.1, -0.05) is 54.2 Å². The van der Waals surface area contributed by atoms with E-state index in [1.807, 2.05) is 68.4 Å². The van der Waals surface area contributed by atoms with Gasteiger partial charge >= 0.3 is 0 Å². The fraction of sp³-hybridized carbons (Fsp3) is 0.211. The zero-order valence-corrected chi connectivity index (χ0v) is 14.5.